The zero-order chi connectivity index (χ0) is 19.8. The number of hydrogen-bond donors (Lipinski definition) is 3. The van der Waals surface area contributed by atoms with Crippen LogP contribution in [0, 0.1) is 0 Å². The Balaban J connectivity index is 1.57. The summed E-state index contributed by atoms with van der Waals surface area (Å²) in [5.74, 6) is 1.33. The number of nitrogens with one attached hydrogen (secondary N) is 1. The molecule has 4 aromatic rings. The lowest BCUT2D eigenvalue weighted by atomic mass is 10.1. The van der Waals surface area contributed by atoms with Crippen LogP contribution in [0.25, 0.3) is 16.6 Å². The molecular formula is C22H23N7. The first kappa shape index (κ1) is 17.8. The number of fused-ring (bicyclic) bond motifs is 2. The van der Waals surface area contributed by atoms with Crippen molar-refractivity contribution in [3.63, 3.8) is 0 Å². The minimum Gasteiger partial charge on any atom is -0.383 e. The molecule has 3 heterocycles. The molecule has 1 aliphatic rings. The number of aromatic nitrogens is 4. The van der Waals surface area contributed by atoms with Gasteiger partial charge in [0.05, 0.1) is 23.1 Å². The predicted octanol–water partition coefficient (Wildman–Crippen LogP) is 2.09. The molecule has 0 amide bonds. The van der Waals surface area contributed by atoms with Gasteiger partial charge in [0.25, 0.3) is 0 Å². The minimum absolute atomic E-state index is 0.487. The fourth-order valence-electron chi connectivity index (χ4n) is 4.04. The van der Waals surface area contributed by atoms with Crippen LogP contribution in [0.1, 0.15) is 28.2 Å². The molecule has 0 spiro atoms. The number of rotatable bonds is 4. The largest absolute Gasteiger partial charge is 0.383 e. The quantitative estimate of drug-likeness (QED) is 0.496. The number of nitrogen functional groups attached to an aromatic ring is 1. The molecule has 0 atom stereocenters. The molecule has 0 saturated heterocycles. The van der Waals surface area contributed by atoms with E-state index < -0.39 is 0 Å². The fraction of sp³-hybridized carbons (Fsp3) is 0.227. The van der Waals surface area contributed by atoms with Gasteiger partial charge in [-0.15, -0.1) is 0 Å². The van der Waals surface area contributed by atoms with Gasteiger partial charge in [0.15, 0.2) is 0 Å². The molecule has 7 heteroatoms. The lowest BCUT2D eigenvalue weighted by Crippen LogP contribution is -2.27. The monoisotopic (exact) mass is 385 g/mol. The summed E-state index contributed by atoms with van der Waals surface area (Å²) in [6, 6.07) is 14.3. The minimum atomic E-state index is 0.487. The Labute approximate surface area is 168 Å². The molecule has 7 nitrogen and oxygen atoms in total. The van der Waals surface area contributed by atoms with Gasteiger partial charge < -0.3 is 16.8 Å². The lowest BCUT2D eigenvalue weighted by molar-refractivity contribution is 0.620. The Morgan fingerprint density at radius 1 is 1.03 bits per heavy atom. The summed E-state index contributed by atoms with van der Waals surface area (Å²) < 4.78 is 1.97. The summed E-state index contributed by atoms with van der Waals surface area (Å²) in [5, 5.41) is 9.08. The Bertz CT molecular complexity index is 1200. The Morgan fingerprint density at radius 3 is 2.79 bits per heavy atom. The van der Waals surface area contributed by atoms with Crippen molar-refractivity contribution in [1.82, 2.24) is 25.1 Å². The topological polar surface area (TPSA) is 108 Å². The molecular weight excluding hydrogens is 362 g/mol. The zero-order valence-electron chi connectivity index (χ0n) is 16.1. The molecule has 5 N–H and O–H groups in total. The van der Waals surface area contributed by atoms with Crippen LogP contribution < -0.4 is 16.8 Å². The first-order valence-electron chi connectivity index (χ1n) is 9.83. The average Bonchev–Trinajstić information content (AvgIpc) is 3.18. The molecule has 1 aliphatic heterocycles. The second-order valence-corrected chi connectivity index (χ2v) is 7.29. The van der Waals surface area contributed by atoms with Gasteiger partial charge in [0.1, 0.15) is 11.6 Å². The van der Waals surface area contributed by atoms with Crippen LogP contribution in [0.5, 0.6) is 0 Å². The highest BCUT2D eigenvalue weighted by atomic mass is 15.3. The lowest BCUT2D eigenvalue weighted by Gasteiger charge is -2.18. The fourth-order valence-corrected chi connectivity index (χ4v) is 4.04. The van der Waals surface area contributed by atoms with Crippen LogP contribution in [0.3, 0.4) is 0 Å². The highest BCUT2D eigenvalue weighted by Crippen LogP contribution is 2.25. The van der Waals surface area contributed by atoms with Crippen molar-refractivity contribution >= 4 is 16.7 Å². The Kier molecular flexibility index (Phi) is 4.46. The van der Waals surface area contributed by atoms with Crippen molar-refractivity contribution in [2.75, 3.05) is 12.3 Å². The van der Waals surface area contributed by atoms with E-state index in [1.807, 2.05) is 35.1 Å². The molecule has 0 saturated carbocycles. The molecule has 0 bridgehead atoms. The van der Waals surface area contributed by atoms with Crippen molar-refractivity contribution in [2.24, 2.45) is 5.73 Å². The Morgan fingerprint density at radius 2 is 1.90 bits per heavy atom. The molecule has 0 unspecified atom stereocenters. The van der Waals surface area contributed by atoms with Crippen molar-refractivity contribution in [1.29, 1.82) is 0 Å². The zero-order valence-corrected chi connectivity index (χ0v) is 16.1. The highest BCUT2D eigenvalue weighted by molar-refractivity contribution is 5.84. The average molecular weight is 385 g/mol. The van der Waals surface area contributed by atoms with Crippen molar-refractivity contribution in [3.8, 4) is 5.69 Å². The molecule has 0 aliphatic carbocycles. The molecule has 29 heavy (non-hydrogen) atoms. The van der Waals surface area contributed by atoms with Gasteiger partial charge in [-0.1, -0.05) is 30.3 Å². The van der Waals surface area contributed by atoms with Crippen LogP contribution in [0.2, 0.25) is 0 Å². The maximum Gasteiger partial charge on any atom is 0.135 e. The number of hydrogen-bond acceptors (Lipinski definition) is 6. The third kappa shape index (κ3) is 3.14. The van der Waals surface area contributed by atoms with E-state index in [4.69, 9.17) is 16.5 Å². The van der Waals surface area contributed by atoms with Crippen LogP contribution in [-0.2, 0) is 25.9 Å². The van der Waals surface area contributed by atoms with E-state index in [9.17, 15) is 0 Å². The summed E-state index contributed by atoms with van der Waals surface area (Å²) in [5.41, 5.74) is 18.4. The van der Waals surface area contributed by atoms with Crippen molar-refractivity contribution in [3.05, 3.63) is 76.9 Å². The second-order valence-electron chi connectivity index (χ2n) is 7.29. The van der Waals surface area contributed by atoms with Gasteiger partial charge in [0.2, 0.25) is 0 Å². The predicted molar refractivity (Wildman–Crippen MR) is 114 cm³/mol. The maximum atomic E-state index is 6.23. The summed E-state index contributed by atoms with van der Waals surface area (Å²) in [7, 11) is 0. The van der Waals surface area contributed by atoms with E-state index in [1.54, 1.807) is 0 Å². The van der Waals surface area contributed by atoms with E-state index >= 15 is 0 Å². The van der Waals surface area contributed by atoms with Crippen molar-refractivity contribution in [2.45, 2.75) is 25.9 Å². The smallest absolute Gasteiger partial charge is 0.135 e. The van der Waals surface area contributed by atoms with E-state index in [2.05, 4.69) is 33.6 Å². The Hall–Kier alpha value is -3.29. The standard InChI is InChI=1S/C22H23N7/c23-11-15-5-3-7-20-17(15)12-26-29(20)19-6-2-1-4-14(19)10-21-27-18-13-25-9-8-16(18)22(24)28-21/h1-7,12,25H,8-11,13,23H2,(H2,24,27,28). The number of nitrogens with two attached hydrogens (primary N) is 2. The van der Waals surface area contributed by atoms with Gasteiger partial charge in [-0.25, -0.2) is 14.6 Å². The highest BCUT2D eigenvalue weighted by Gasteiger charge is 2.17. The molecule has 5 rings (SSSR count). The van der Waals surface area contributed by atoms with E-state index in [0.717, 1.165) is 64.3 Å². The third-order valence-electron chi connectivity index (χ3n) is 5.51. The van der Waals surface area contributed by atoms with Gasteiger partial charge in [-0.05, 0) is 36.2 Å². The van der Waals surface area contributed by atoms with Crippen LogP contribution in [0.15, 0.2) is 48.7 Å². The molecule has 0 fully saturated rings. The maximum absolute atomic E-state index is 6.23. The normalized spacial score (nSPS) is 13.6. The first-order chi connectivity index (χ1) is 14.2. The summed E-state index contributed by atoms with van der Waals surface area (Å²) in [4.78, 5) is 9.37. The summed E-state index contributed by atoms with van der Waals surface area (Å²) >= 11 is 0. The molecule has 146 valence electrons. The van der Waals surface area contributed by atoms with Crippen LogP contribution in [-0.4, -0.2) is 26.3 Å². The van der Waals surface area contributed by atoms with Crippen LogP contribution >= 0.6 is 0 Å². The van der Waals surface area contributed by atoms with Gasteiger partial charge in [0, 0.05) is 30.5 Å². The molecule has 0 radical (unpaired) electrons. The van der Waals surface area contributed by atoms with Gasteiger partial charge in [-0.3, -0.25) is 0 Å². The van der Waals surface area contributed by atoms with Crippen LogP contribution in [0.4, 0.5) is 5.82 Å². The number of anilines is 1. The number of para-hydroxylation sites is 1. The van der Waals surface area contributed by atoms with Crippen molar-refractivity contribution < 1.29 is 0 Å². The first-order valence-corrected chi connectivity index (χ1v) is 9.83. The van der Waals surface area contributed by atoms with Gasteiger partial charge in [-0.2, -0.15) is 5.10 Å². The van der Waals surface area contributed by atoms with E-state index in [-0.39, 0.29) is 0 Å². The molecule has 2 aromatic carbocycles. The SMILES string of the molecule is NCc1cccc2c1cnn2-c1ccccc1Cc1nc(N)c2c(n1)CNCC2. The second kappa shape index (κ2) is 7.27. The summed E-state index contributed by atoms with van der Waals surface area (Å²) in [6.45, 7) is 2.14. The summed E-state index contributed by atoms with van der Waals surface area (Å²) in [6.07, 6.45) is 3.35. The number of benzene rings is 2. The van der Waals surface area contributed by atoms with Gasteiger partial charge >= 0.3 is 0 Å². The third-order valence-corrected chi connectivity index (χ3v) is 5.51. The van der Waals surface area contributed by atoms with E-state index in [1.165, 1.54) is 0 Å². The molecule has 2 aromatic heterocycles. The number of nitrogens with zero attached hydrogens (tertiary/aromatic N) is 4. The van der Waals surface area contributed by atoms with E-state index in [0.29, 0.717) is 18.8 Å².